The van der Waals surface area contributed by atoms with Gasteiger partial charge in [-0.3, -0.25) is 4.79 Å². The van der Waals surface area contributed by atoms with E-state index >= 15 is 0 Å². The van der Waals surface area contributed by atoms with Gasteiger partial charge < -0.3 is 10.6 Å². The van der Waals surface area contributed by atoms with Crippen LogP contribution in [0, 0.1) is 27.7 Å². The molecule has 0 heterocycles. The molecular weight excluding hydrogens is 346 g/mol. The molecule has 4 nitrogen and oxygen atoms in total. The van der Waals surface area contributed by atoms with E-state index in [0.29, 0.717) is 0 Å². The summed E-state index contributed by atoms with van der Waals surface area (Å²) in [7, 11) is 0. The second-order valence-corrected chi connectivity index (χ2v) is 7.12. The summed E-state index contributed by atoms with van der Waals surface area (Å²) in [5, 5.41) is 6.14. The lowest BCUT2D eigenvalue weighted by atomic mass is 10.1. The zero-order valence-corrected chi connectivity index (χ0v) is 16.7. The molecule has 0 spiro atoms. The number of nitrogens with zero attached hydrogens (tertiary/aromatic N) is 1. The van der Waals surface area contributed by atoms with Crippen molar-refractivity contribution in [3.63, 3.8) is 0 Å². The Morgan fingerprint density at radius 2 is 1.29 bits per heavy atom. The first-order valence-corrected chi connectivity index (χ1v) is 9.28. The number of benzene rings is 3. The van der Waals surface area contributed by atoms with E-state index in [1.165, 1.54) is 0 Å². The van der Waals surface area contributed by atoms with E-state index in [9.17, 15) is 4.79 Å². The maximum absolute atomic E-state index is 13.0. The Labute approximate surface area is 166 Å². The highest BCUT2D eigenvalue weighted by Crippen LogP contribution is 2.18. The maximum Gasteiger partial charge on any atom is 0.291 e. The molecule has 3 rings (SSSR count). The fourth-order valence-corrected chi connectivity index (χ4v) is 3.06. The van der Waals surface area contributed by atoms with Crippen LogP contribution in [-0.2, 0) is 4.79 Å². The Kier molecular flexibility index (Phi) is 5.90. The lowest BCUT2D eigenvalue weighted by Gasteiger charge is -2.13. The number of aliphatic imine (C=N–C) groups is 1. The van der Waals surface area contributed by atoms with Crippen molar-refractivity contribution in [1.29, 1.82) is 0 Å². The predicted molar refractivity (Wildman–Crippen MR) is 118 cm³/mol. The quantitative estimate of drug-likeness (QED) is 0.458. The highest BCUT2D eigenvalue weighted by molar-refractivity contribution is 6.46. The second kappa shape index (κ2) is 8.53. The Morgan fingerprint density at radius 3 is 1.93 bits per heavy atom. The van der Waals surface area contributed by atoms with Crippen molar-refractivity contribution in [2.45, 2.75) is 27.7 Å². The highest BCUT2D eigenvalue weighted by atomic mass is 16.2. The smallest absolute Gasteiger partial charge is 0.291 e. The molecule has 28 heavy (non-hydrogen) atoms. The van der Waals surface area contributed by atoms with E-state index in [1.807, 2.05) is 88.4 Å². The van der Waals surface area contributed by atoms with Crippen molar-refractivity contribution in [2.24, 2.45) is 4.99 Å². The third-order valence-corrected chi connectivity index (χ3v) is 4.22. The molecule has 0 saturated heterocycles. The molecule has 3 aromatic rings. The lowest BCUT2D eigenvalue weighted by molar-refractivity contribution is -0.110. The summed E-state index contributed by atoms with van der Waals surface area (Å²) >= 11 is 0. The SMILES string of the molecule is Cc1cccc(N=C(Nc2cc(C)cc(C)c2)C(=O)Nc2cccc(C)c2)c1. The summed E-state index contributed by atoms with van der Waals surface area (Å²) in [6, 6.07) is 21.6. The summed E-state index contributed by atoms with van der Waals surface area (Å²) in [4.78, 5) is 17.6. The third-order valence-electron chi connectivity index (χ3n) is 4.22. The predicted octanol–water partition coefficient (Wildman–Crippen LogP) is 5.70. The van der Waals surface area contributed by atoms with Gasteiger partial charge in [0.25, 0.3) is 5.91 Å². The van der Waals surface area contributed by atoms with Gasteiger partial charge in [-0.25, -0.2) is 4.99 Å². The molecule has 3 aromatic carbocycles. The van der Waals surface area contributed by atoms with Crippen LogP contribution < -0.4 is 10.6 Å². The van der Waals surface area contributed by atoms with Crippen LogP contribution in [0.15, 0.2) is 71.7 Å². The molecular formula is C24H25N3O. The van der Waals surface area contributed by atoms with Gasteiger partial charge in [0.1, 0.15) is 0 Å². The Bertz CT molecular complexity index is 1020. The Balaban J connectivity index is 1.94. The summed E-state index contributed by atoms with van der Waals surface area (Å²) in [5.41, 5.74) is 6.72. The van der Waals surface area contributed by atoms with Crippen molar-refractivity contribution >= 4 is 28.8 Å². The number of anilines is 2. The third kappa shape index (κ3) is 5.30. The fourth-order valence-electron chi connectivity index (χ4n) is 3.06. The number of nitrogens with one attached hydrogen (secondary N) is 2. The van der Waals surface area contributed by atoms with Crippen LogP contribution in [0.3, 0.4) is 0 Å². The van der Waals surface area contributed by atoms with E-state index in [-0.39, 0.29) is 11.7 Å². The number of rotatable bonds is 3. The van der Waals surface area contributed by atoms with Crippen LogP contribution in [0.2, 0.25) is 0 Å². The number of carbonyl (C=O) groups excluding carboxylic acids is 1. The molecule has 0 fully saturated rings. The zero-order valence-electron chi connectivity index (χ0n) is 16.7. The number of carbonyl (C=O) groups is 1. The fraction of sp³-hybridized carbons (Fsp3) is 0.167. The van der Waals surface area contributed by atoms with Crippen LogP contribution in [0.25, 0.3) is 0 Å². The maximum atomic E-state index is 13.0. The van der Waals surface area contributed by atoms with Crippen LogP contribution in [0.4, 0.5) is 17.1 Å². The molecule has 0 aliphatic rings. The first-order valence-electron chi connectivity index (χ1n) is 9.28. The topological polar surface area (TPSA) is 53.5 Å². The number of aryl methyl sites for hydroxylation is 4. The average molecular weight is 371 g/mol. The van der Waals surface area contributed by atoms with Gasteiger partial charge >= 0.3 is 0 Å². The van der Waals surface area contributed by atoms with E-state index < -0.39 is 0 Å². The molecule has 0 aliphatic heterocycles. The van der Waals surface area contributed by atoms with E-state index in [0.717, 1.165) is 39.3 Å². The minimum atomic E-state index is -0.286. The summed E-state index contributed by atoms with van der Waals surface area (Å²) < 4.78 is 0. The normalized spacial score (nSPS) is 11.2. The van der Waals surface area contributed by atoms with Crippen molar-refractivity contribution in [3.05, 3.63) is 89.0 Å². The molecule has 0 saturated carbocycles. The lowest BCUT2D eigenvalue weighted by Crippen LogP contribution is -2.29. The number of hydrogen-bond donors (Lipinski definition) is 2. The van der Waals surface area contributed by atoms with Gasteiger partial charge in [-0.2, -0.15) is 0 Å². The Morgan fingerprint density at radius 1 is 0.679 bits per heavy atom. The van der Waals surface area contributed by atoms with Crippen molar-refractivity contribution < 1.29 is 4.79 Å². The van der Waals surface area contributed by atoms with Crippen molar-refractivity contribution in [2.75, 3.05) is 10.6 Å². The molecule has 0 unspecified atom stereocenters. The summed E-state index contributed by atoms with van der Waals surface area (Å²) in [6.07, 6.45) is 0. The van der Waals surface area contributed by atoms with Gasteiger partial charge in [0.2, 0.25) is 0 Å². The van der Waals surface area contributed by atoms with Crippen LogP contribution in [-0.4, -0.2) is 11.7 Å². The monoisotopic (exact) mass is 371 g/mol. The standard InChI is InChI=1S/C24H25N3O/c1-16-7-5-9-20(12-16)25-23(26-22-14-18(3)11-19(4)15-22)24(28)27-21-10-6-8-17(2)13-21/h5-15H,1-4H3,(H,25,26)(H,27,28). The highest BCUT2D eigenvalue weighted by Gasteiger charge is 2.13. The van der Waals surface area contributed by atoms with E-state index in [1.54, 1.807) is 0 Å². The van der Waals surface area contributed by atoms with Gasteiger partial charge in [0, 0.05) is 11.4 Å². The number of amidine groups is 1. The van der Waals surface area contributed by atoms with Gasteiger partial charge in [0.15, 0.2) is 5.84 Å². The first-order chi connectivity index (χ1) is 13.4. The van der Waals surface area contributed by atoms with Gasteiger partial charge in [-0.05, 0) is 86.3 Å². The summed E-state index contributed by atoms with van der Waals surface area (Å²) in [6.45, 7) is 8.05. The van der Waals surface area contributed by atoms with Crippen molar-refractivity contribution in [3.8, 4) is 0 Å². The molecule has 1 amide bonds. The first kappa shape index (κ1) is 19.4. The second-order valence-electron chi connectivity index (χ2n) is 7.12. The molecule has 0 aromatic heterocycles. The molecule has 4 heteroatoms. The minimum absolute atomic E-state index is 0.247. The zero-order chi connectivity index (χ0) is 20.1. The number of hydrogen-bond acceptors (Lipinski definition) is 2. The molecule has 0 radical (unpaired) electrons. The summed E-state index contributed by atoms with van der Waals surface area (Å²) in [5.74, 6) is -0.0385. The largest absolute Gasteiger partial charge is 0.336 e. The van der Waals surface area contributed by atoms with Crippen LogP contribution in [0.1, 0.15) is 22.3 Å². The van der Waals surface area contributed by atoms with Gasteiger partial charge in [-0.15, -0.1) is 0 Å². The van der Waals surface area contributed by atoms with Gasteiger partial charge in [-0.1, -0.05) is 30.3 Å². The molecule has 2 N–H and O–H groups in total. The molecule has 0 atom stereocenters. The molecule has 0 aliphatic carbocycles. The van der Waals surface area contributed by atoms with E-state index in [4.69, 9.17) is 0 Å². The molecule has 142 valence electrons. The van der Waals surface area contributed by atoms with Gasteiger partial charge in [0.05, 0.1) is 5.69 Å². The molecule has 0 bridgehead atoms. The van der Waals surface area contributed by atoms with Crippen molar-refractivity contribution in [1.82, 2.24) is 0 Å². The van der Waals surface area contributed by atoms with Crippen LogP contribution in [0.5, 0.6) is 0 Å². The number of amides is 1. The van der Waals surface area contributed by atoms with E-state index in [2.05, 4.69) is 21.7 Å². The average Bonchev–Trinajstić information content (AvgIpc) is 2.60. The minimum Gasteiger partial charge on any atom is -0.336 e. The van der Waals surface area contributed by atoms with Crippen LogP contribution >= 0.6 is 0 Å². The Hall–Kier alpha value is -3.40.